The van der Waals surface area contributed by atoms with E-state index in [4.69, 9.17) is 9.84 Å². The van der Waals surface area contributed by atoms with Gasteiger partial charge in [0.15, 0.2) is 0 Å². The van der Waals surface area contributed by atoms with Crippen LogP contribution in [0.5, 0.6) is 5.75 Å². The molecule has 4 heteroatoms. The highest BCUT2D eigenvalue weighted by Crippen LogP contribution is 2.21. The normalized spacial score (nSPS) is 23.0. The van der Waals surface area contributed by atoms with Crippen LogP contribution in [0.1, 0.15) is 37.0 Å². The fraction of sp³-hybridized carbons (Fsp3) is 0.588. The second-order valence-corrected chi connectivity index (χ2v) is 6.24. The van der Waals surface area contributed by atoms with Gasteiger partial charge in [-0.1, -0.05) is 19.9 Å². The van der Waals surface area contributed by atoms with Crippen LogP contribution in [0, 0.1) is 11.8 Å². The van der Waals surface area contributed by atoms with E-state index in [0.29, 0.717) is 12.4 Å². The Morgan fingerprint density at radius 3 is 2.71 bits per heavy atom. The van der Waals surface area contributed by atoms with Gasteiger partial charge in [-0.2, -0.15) is 0 Å². The molecule has 1 fully saturated rings. The Balaban J connectivity index is 1.72. The summed E-state index contributed by atoms with van der Waals surface area (Å²) in [6, 6.07) is 6.67. The quantitative estimate of drug-likeness (QED) is 0.818. The van der Waals surface area contributed by atoms with Crippen molar-refractivity contribution in [3.05, 3.63) is 29.8 Å². The molecular weight excluding hydrogens is 266 g/mol. The zero-order valence-corrected chi connectivity index (χ0v) is 12.9. The maximum atomic E-state index is 10.9. The highest BCUT2D eigenvalue weighted by Gasteiger charge is 2.20. The summed E-state index contributed by atoms with van der Waals surface area (Å²) in [5, 5.41) is 8.94. The van der Waals surface area contributed by atoms with E-state index in [2.05, 4.69) is 18.7 Å². The molecule has 4 nitrogen and oxygen atoms in total. The van der Waals surface area contributed by atoms with E-state index in [1.54, 1.807) is 24.3 Å². The topological polar surface area (TPSA) is 49.8 Å². The number of ether oxygens (including phenoxy) is 1. The van der Waals surface area contributed by atoms with Crippen LogP contribution in [-0.4, -0.2) is 42.2 Å². The lowest BCUT2D eigenvalue weighted by atomic mass is 9.92. The monoisotopic (exact) mass is 291 g/mol. The van der Waals surface area contributed by atoms with Crippen molar-refractivity contribution in [1.82, 2.24) is 4.90 Å². The molecule has 1 heterocycles. The predicted molar refractivity (Wildman–Crippen MR) is 82.9 cm³/mol. The summed E-state index contributed by atoms with van der Waals surface area (Å²) in [7, 11) is 0. The Morgan fingerprint density at radius 2 is 2.05 bits per heavy atom. The Bertz CT molecular complexity index is 465. The van der Waals surface area contributed by atoms with Crippen molar-refractivity contribution >= 4 is 5.97 Å². The Hall–Kier alpha value is -1.55. The van der Waals surface area contributed by atoms with Crippen molar-refractivity contribution in [3.8, 4) is 5.75 Å². The van der Waals surface area contributed by atoms with Gasteiger partial charge in [0.25, 0.3) is 0 Å². The Labute approximate surface area is 126 Å². The van der Waals surface area contributed by atoms with Crippen LogP contribution in [0.15, 0.2) is 24.3 Å². The van der Waals surface area contributed by atoms with Crippen molar-refractivity contribution in [2.45, 2.75) is 26.7 Å². The number of carboxylic acids is 1. The zero-order valence-electron chi connectivity index (χ0n) is 12.9. The average molecular weight is 291 g/mol. The molecule has 0 bridgehead atoms. The van der Waals surface area contributed by atoms with E-state index in [1.165, 1.54) is 19.5 Å². The molecule has 1 aromatic carbocycles. The summed E-state index contributed by atoms with van der Waals surface area (Å²) in [6.07, 6.45) is 2.30. The van der Waals surface area contributed by atoms with Crippen molar-refractivity contribution < 1.29 is 14.6 Å². The van der Waals surface area contributed by atoms with E-state index in [1.807, 2.05) is 0 Å². The van der Waals surface area contributed by atoms with Crippen LogP contribution in [0.4, 0.5) is 0 Å². The minimum absolute atomic E-state index is 0.270. The van der Waals surface area contributed by atoms with Gasteiger partial charge in [0, 0.05) is 19.6 Å². The van der Waals surface area contributed by atoms with Gasteiger partial charge in [-0.25, -0.2) is 4.79 Å². The minimum atomic E-state index is -0.920. The van der Waals surface area contributed by atoms with Crippen molar-refractivity contribution in [1.29, 1.82) is 0 Å². The van der Waals surface area contributed by atoms with Crippen molar-refractivity contribution in [2.24, 2.45) is 11.8 Å². The molecule has 0 unspecified atom stereocenters. The van der Waals surface area contributed by atoms with E-state index >= 15 is 0 Å². The van der Waals surface area contributed by atoms with Crippen LogP contribution in [0.2, 0.25) is 0 Å². The first-order valence-corrected chi connectivity index (χ1v) is 7.73. The van der Waals surface area contributed by atoms with Crippen LogP contribution < -0.4 is 4.74 Å². The van der Waals surface area contributed by atoms with Crippen molar-refractivity contribution in [3.63, 3.8) is 0 Å². The molecule has 0 aromatic heterocycles. The summed E-state index contributed by atoms with van der Waals surface area (Å²) < 4.78 is 5.65. The first-order chi connectivity index (χ1) is 10.0. The predicted octanol–water partition coefficient (Wildman–Crippen LogP) is 3.13. The number of rotatable bonds is 6. The van der Waals surface area contributed by atoms with Gasteiger partial charge in [0.2, 0.25) is 0 Å². The lowest BCUT2D eigenvalue weighted by Crippen LogP contribution is -2.39. The highest BCUT2D eigenvalue weighted by atomic mass is 16.5. The van der Waals surface area contributed by atoms with Gasteiger partial charge in [0.1, 0.15) is 5.75 Å². The number of piperidine rings is 1. The number of benzene rings is 1. The Kier molecular flexibility index (Phi) is 5.62. The molecular formula is C17H25NO3. The van der Waals surface area contributed by atoms with Crippen LogP contribution in [0.3, 0.4) is 0 Å². The van der Waals surface area contributed by atoms with Crippen LogP contribution >= 0.6 is 0 Å². The number of carboxylic acid groups (broad SMARTS) is 1. The first kappa shape index (κ1) is 15.8. The summed E-state index contributed by atoms with van der Waals surface area (Å²) in [4.78, 5) is 13.4. The van der Waals surface area contributed by atoms with Gasteiger partial charge in [0.05, 0.1) is 12.2 Å². The molecule has 1 aliphatic heterocycles. The SMILES string of the molecule is C[C@H]1C[C@H](C)CN(CCCOc2cccc(C(=O)O)c2)C1. The summed E-state index contributed by atoms with van der Waals surface area (Å²) >= 11 is 0. The lowest BCUT2D eigenvalue weighted by Gasteiger charge is -2.34. The summed E-state index contributed by atoms with van der Waals surface area (Å²) in [5.74, 6) is 1.27. The number of hydrogen-bond donors (Lipinski definition) is 1. The van der Waals surface area contributed by atoms with Crippen LogP contribution in [0.25, 0.3) is 0 Å². The molecule has 2 rings (SSSR count). The molecule has 1 aliphatic rings. The van der Waals surface area contributed by atoms with E-state index in [-0.39, 0.29) is 5.56 Å². The summed E-state index contributed by atoms with van der Waals surface area (Å²) in [5.41, 5.74) is 0.270. The van der Waals surface area contributed by atoms with E-state index < -0.39 is 5.97 Å². The third kappa shape index (κ3) is 5.05. The molecule has 1 N–H and O–H groups in total. The number of aromatic carboxylic acids is 1. The van der Waals surface area contributed by atoms with Gasteiger partial charge in [-0.05, 0) is 42.9 Å². The molecule has 0 radical (unpaired) electrons. The molecule has 2 atom stereocenters. The third-order valence-corrected chi connectivity index (χ3v) is 3.91. The van der Waals surface area contributed by atoms with E-state index in [9.17, 15) is 4.79 Å². The maximum Gasteiger partial charge on any atom is 0.335 e. The van der Waals surface area contributed by atoms with Gasteiger partial charge < -0.3 is 14.7 Å². The lowest BCUT2D eigenvalue weighted by molar-refractivity contribution is 0.0696. The average Bonchev–Trinajstić information content (AvgIpc) is 2.43. The number of nitrogens with zero attached hydrogens (tertiary/aromatic N) is 1. The molecule has 1 saturated heterocycles. The molecule has 21 heavy (non-hydrogen) atoms. The number of carbonyl (C=O) groups is 1. The van der Waals surface area contributed by atoms with Gasteiger partial charge >= 0.3 is 5.97 Å². The smallest absolute Gasteiger partial charge is 0.335 e. The third-order valence-electron chi connectivity index (χ3n) is 3.91. The Morgan fingerprint density at radius 1 is 1.33 bits per heavy atom. The fourth-order valence-electron chi connectivity index (χ4n) is 3.17. The molecule has 0 spiro atoms. The number of hydrogen-bond acceptors (Lipinski definition) is 3. The zero-order chi connectivity index (χ0) is 15.2. The van der Waals surface area contributed by atoms with Gasteiger partial charge in [-0.3, -0.25) is 0 Å². The molecule has 1 aromatic rings. The molecule has 0 aliphatic carbocycles. The second kappa shape index (κ2) is 7.46. The fourth-order valence-corrected chi connectivity index (χ4v) is 3.17. The molecule has 116 valence electrons. The standard InChI is InChI=1S/C17H25NO3/c1-13-9-14(2)12-18(11-13)7-4-8-21-16-6-3-5-15(10-16)17(19)20/h3,5-6,10,13-14H,4,7-9,11-12H2,1-2H3,(H,19,20)/t13-,14-/m0/s1. The van der Waals surface area contributed by atoms with Gasteiger partial charge in [-0.15, -0.1) is 0 Å². The largest absolute Gasteiger partial charge is 0.494 e. The first-order valence-electron chi connectivity index (χ1n) is 7.73. The summed E-state index contributed by atoms with van der Waals surface area (Å²) in [6.45, 7) is 8.67. The maximum absolute atomic E-state index is 10.9. The molecule has 0 saturated carbocycles. The van der Waals surface area contributed by atoms with Crippen molar-refractivity contribution in [2.75, 3.05) is 26.2 Å². The minimum Gasteiger partial charge on any atom is -0.494 e. The van der Waals surface area contributed by atoms with Crippen LogP contribution in [-0.2, 0) is 0 Å². The van der Waals surface area contributed by atoms with E-state index in [0.717, 1.165) is 24.8 Å². The second-order valence-electron chi connectivity index (χ2n) is 6.24. The number of likely N-dealkylation sites (tertiary alicyclic amines) is 1. The highest BCUT2D eigenvalue weighted by molar-refractivity contribution is 5.87. The molecule has 0 amide bonds.